The summed E-state index contributed by atoms with van der Waals surface area (Å²) in [7, 11) is 1.73. The van der Waals surface area contributed by atoms with Gasteiger partial charge in [0, 0.05) is 32.5 Å². The summed E-state index contributed by atoms with van der Waals surface area (Å²) in [6, 6.07) is 7.22. The molecule has 3 rings (SSSR count). The number of carbonyl (C=O) groups is 3. The molecule has 1 saturated heterocycles. The number of para-hydroxylation sites is 1. The third-order valence-electron chi connectivity index (χ3n) is 5.12. The maximum atomic E-state index is 12.9. The number of carboxylic acids is 1. The maximum Gasteiger partial charge on any atom is 0.303 e. The summed E-state index contributed by atoms with van der Waals surface area (Å²) in [5, 5.41) is 8.90. The topological polar surface area (TPSA) is 77.9 Å². The van der Waals surface area contributed by atoms with Crippen LogP contribution >= 0.6 is 0 Å². The second-order valence-electron chi connectivity index (χ2n) is 7.02. The molecule has 134 valence electrons. The van der Waals surface area contributed by atoms with Gasteiger partial charge in [0.15, 0.2) is 0 Å². The van der Waals surface area contributed by atoms with E-state index in [1.165, 1.54) is 0 Å². The van der Waals surface area contributed by atoms with Gasteiger partial charge in [0.1, 0.15) is 0 Å². The first kappa shape index (κ1) is 17.5. The molecule has 2 amide bonds. The van der Waals surface area contributed by atoms with Crippen molar-refractivity contribution in [3.05, 3.63) is 29.8 Å². The standard InChI is InChI=1S/C19H24N2O4/c1-20(18(24)14-6-7-14)16-5-3-2-4-15(16)19(25)21-10-8-13(9-11-21)12-17(22)23/h2-5,13-14H,6-12H2,1H3,(H,22,23). The average molecular weight is 344 g/mol. The smallest absolute Gasteiger partial charge is 0.303 e. The van der Waals surface area contributed by atoms with E-state index in [-0.39, 0.29) is 30.1 Å². The van der Waals surface area contributed by atoms with Crippen LogP contribution in [-0.4, -0.2) is 47.9 Å². The first-order valence-corrected chi connectivity index (χ1v) is 8.85. The minimum atomic E-state index is -0.782. The molecule has 1 aliphatic carbocycles. The Labute approximate surface area is 147 Å². The predicted molar refractivity (Wildman–Crippen MR) is 93.5 cm³/mol. The molecule has 0 radical (unpaired) electrons. The molecule has 1 aromatic carbocycles. The summed E-state index contributed by atoms with van der Waals surface area (Å²) in [4.78, 5) is 39.5. The van der Waals surface area contributed by atoms with Gasteiger partial charge in [-0.05, 0) is 43.7 Å². The Bertz CT molecular complexity index is 676. The summed E-state index contributed by atoms with van der Waals surface area (Å²) in [6.07, 6.45) is 3.43. The van der Waals surface area contributed by atoms with Crippen molar-refractivity contribution in [2.24, 2.45) is 11.8 Å². The summed E-state index contributed by atoms with van der Waals surface area (Å²) in [5.74, 6) is -0.564. The second-order valence-corrected chi connectivity index (χ2v) is 7.02. The SMILES string of the molecule is CN(C(=O)C1CC1)c1ccccc1C(=O)N1CCC(CC(=O)O)CC1. The number of hydrogen-bond donors (Lipinski definition) is 1. The van der Waals surface area contributed by atoms with Gasteiger partial charge in [0.05, 0.1) is 11.3 Å². The predicted octanol–water partition coefficient (Wildman–Crippen LogP) is 2.39. The van der Waals surface area contributed by atoms with Gasteiger partial charge in [-0.25, -0.2) is 0 Å². The Morgan fingerprint density at radius 1 is 1.12 bits per heavy atom. The summed E-state index contributed by atoms with van der Waals surface area (Å²) in [6.45, 7) is 1.12. The Morgan fingerprint density at radius 3 is 2.36 bits per heavy atom. The van der Waals surface area contributed by atoms with Crippen LogP contribution in [-0.2, 0) is 9.59 Å². The fraction of sp³-hybridized carbons (Fsp3) is 0.526. The number of anilines is 1. The van der Waals surface area contributed by atoms with E-state index in [0.29, 0.717) is 37.2 Å². The molecular formula is C19H24N2O4. The minimum absolute atomic E-state index is 0.0698. The van der Waals surface area contributed by atoms with Crippen LogP contribution in [0.25, 0.3) is 0 Å². The highest BCUT2D eigenvalue weighted by Crippen LogP contribution is 2.33. The number of carbonyl (C=O) groups excluding carboxylic acids is 2. The van der Waals surface area contributed by atoms with Crippen LogP contribution in [0.15, 0.2) is 24.3 Å². The first-order chi connectivity index (χ1) is 12.0. The van der Waals surface area contributed by atoms with Crippen molar-refractivity contribution in [1.29, 1.82) is 0 Å². The van der Waals surface area contributed by atoms with Crippen molar-refractivity contribution >= 4 is 23.5 Å². The summed E-state index contributed by atoms with van der Waals surface area (Å²) < 4.78 is 0. The molecule has 1 N–H and O–H groups in total. The van der Waals surface area contributed by atoms with Crippen LogP contribution in [0.5, 0.6) is 0 Å². The largest absolute Gasteiger partial charge is 0.481 e. The molecule has 6 heteroatoms. The van der Waals surface area contributed by atoms with Crippen molar-refractivity contribution < 1.29 is 19.5 Å². The van der Waals surface area contributed by atoms with E-state index in [9.17, 15) is 14.4 Å². The van der Waals surface area contributed by atoms with Crippen LogP contribution in [0.2, 0.25) is 0 Å². The van der Waals surface area contributed by atoms with E-state index >= 15 is 0 Å². The quantitative estimate of drug-likeness (QED) is 0.890. The Morgan fingerprint density at radius 2 is 1.76 bits per heavy atom. The van der Waals surface area contributed by atoms with Gasteiger partial charge >= 0.3 is 5.97 Å². The fourth-order valence-corrected chi connectivity index (χ4v) is 3.43. The van der Waals surface area contributed by atoms with Crippen molar-refractivity contribution in [3.8, 4) is 0 Å². The van der Waals surface area contributed by atoms with Crippen LogP contribution in [0, 0.1) is 11.8 Å². The van der Waals surface area contributed by atoms with Crippen LogP contribution in [0.1, 0.15) is 42.5 Å². The molecule has 1 aliphatic heterocycles. The third kappa shape index (κ3) is 4.00. The molecule has 1 heterocycles. The number of nitrogens with zero attached hydrogens (tertiary/aromatic N) is 2. The highest BCUT2D eigenvalue weighted by atomic mass is 16.4. The lowest BCUT2D eigenvalue weighted by atomic mass is 9.93. The highest BCUT2D eigenvalue weighted by molar-refractivity contribution is 6.05. The number of aliphatic carboxylic acids is 1. The Kier molecular flexibility index (Phi) is 5.06. The molecule has 0 spiro atoms. The number of benzene rings is 1. The monoisotopic (exact) mass is 344 g/mol. The molecule has 6 nitrogen and oxygen atoms in total. The van der Waals surface area contributed by atoms with Gasteiger partial charge in [0.25, 0.3) is 5.91 Å². The Balaban J connectivity index is 1.70. The maximum absolute atomic E-state index is 12.9. The zero-order valence-corrected chi connectivity index (χ0v) is 14.5. The molecule has 25 heavy (non-hydrogen) atoms. The first-order valence-electron chi connectivity index (χ1n) is 8.85. The van der Waals surface area contributed by atoms with E-state index in [2.05, 4.69) is 0 Å². The van der Waals surface area contributed by atoms with E-state index in [4.69, 9.17) is 5.11 Å². The van der Waals surface area contributed by atoms with Crippen LogP contribution in [0.3, 0.4) is 0 Å². The lowest BCUT2D eigenvalue weighted by Gasteiger charge is -2.32. The number of hydrogen-bond acceptors (Lipinski definition) is 3. The number of piperidine rings is 1. The van der Waals surface area contributed by atoms with E-state index in [0.717, 1.165) is 12.8 Å². The van der Waals surface area contributed by atoms with Crippen molar-refractivity contribution in [1.82, 2.24) is 4.90 Å². The zero-order chi connectivity index (χ0) is 18.0. The normalized spacial score (nSPS) is 18.0. The Hall–Kier alpha value is -2.37. The van der Waals surface area contributed by atoms with Gasteiger partial charge in [-0.2, -0.15) is 0 Å². The van der Waals surface area contributed by atoms with Crippen LogP contribution in [0.4, 0.5) is 5.69 Å². The highest BCUT2D eigenvalue weighted by Gasteiger charge is 2.34. The van der Waals surface area contributed by atoms with E-state index in [1.807, 2.05) is 18.2 Å². The second kappa shape index (κ2) is 7.25. The third-order valence-corrected chi connectivity index (χ3v) is 5.12. The molecule has 0 bridgehead atoms. The molecule has 1 saturated carbocycles. The van der Waals surface area contributed by atoms with E-state index < -0.39 is 5.97 Å². The molecule has 0 atom stereocenters. The van der Waals surface area contributed by atoms with Crippen molar-refractivity contribution in [3.63, 3.8) is 0 Å². The summed E-state index contributed by atoms with van der Waals surface area (Å²) >= 11 is 0. The molecule has 0 unspecified atom stereocenters. The number of amides is 2. The van der Waals surface area contributed by atoms with Gasteiger partial charge in [-0.1, -0.05) is 12.1 Å². The van der Waals surface area contributed by atoms with Crippen LogP contribution < -0.4 is 4.90 Å². The molecule has 0 aromatic heterocycles. The van der Waals surface area contributed by atoms with Crippen molar-refractivity contribution in [2.45, 2.75) is 32.1 Å². The molecule has 2 fully saturated rings. The number of likely N-dealkylation sites (tertiary alicyclic amines) is 1. The number of rotatable bonds is 5. The van der Waals surface area contributed by atoms with Gasteiger partial charge in [-0.3, -0.25) is 14.4 Å². The summed E-state index contributed by atoms with van der Waals surface area (Å²) in [5.41, 5.74) is 1.19. The number of carboxylic acid groups (broad SMARTS) is 1. The van der Waals surface area contributed by atoms with E-state index in [1.54, 1.807) is 22.9 Å². The van der Waals surface area contributed by atoms with Crippen molar-refractivity contribution in [2.75, 3.05) is 25.0 Å². The lowest BCUT2D eigenvalue weighted by molar-refractivity contribution is -0.138. The fourth-order valence-electron chi connectivity index (χ4n) is 3.43. The molecule has 1 aromatic rings. The lowest BCUT2D eigenvalue weighted by Crippen LogP contribution is -2.40. The molecular weight excluding hydrogens is 320 g/mol. The molecule has 2 aliphatic rings. The van der Waals surface area contributed by atoms with Gasteiger partial charge < -0.3 is 14.9 Å². The minimum Gasteiger partial charge on any atom is -0.481 e. The van der Waals surface area contributed by atoms with Gasteiger partial charge in [0.2, 0.25) is 5.91 Å². The average Bonchev–Trinajstić information content (AvgIpc) is 3.45. The zero-order valence-electron chi connectivity index (χ0n) is 14.5. The van der Waals surface area contributed by atoms with Gasteiger partial charge in [-0.15, -0.1) is 0 Å².